The highest BCUT2D eigenvalue weighted by Crippen LogP contribution is 2.21. The van der Waals surface area contributed by atoms with E-state index in [9.17, 15) is 4.39 Å². The second-order valence-electron chi connectivity index (χ2n) is 3.99. The molecule has 2 rings (SSSR count). The van der Waals surface area contributed by atoms with Crippen LogP contribution in [0.2, 0.25) is 5.02 Å². The summed E-state index contributed by atoms with van der Waals surface area (Å²) in [6, 6.07) is 4.82. The third kappa shape index (κ3) is 3.25. The van der Waals surface area contributed by atoms with E-state index in [-0.39, 0.29) is 11.1 Å². The van der Waals surface area contributed by atoms with Gasteiger partial charge in [0.2, 0.25) is 0 Å². The number of hydrogen-bond acceptors (Lipinski definition) is 4. The first-order chi connectivity index (χ1) is 8.56. The van der Waals surface area contributed by atoms with Crippen molar-refractivity contribution < 1.29 is 4.39 Å². The molecule has 0 unspecified atom stereocenters. The largest absolute Gasteiger partial charge is 0.304 e. The molecule has 0 saturated carbocycles. The molecule has 0 radical (unpaired) electrons. The molecule has 0 aliphatic rings. The lowest BCUT2D eigenvalue weighted by molar-refractivity contribution is 0.567. The quantitative estimate of drug-likeness (QED) is 0.934. The number of nitrogens with one attached hydrogen (secondary N) is 1. The Balaban J connectivity index is 1.99. The van der Waals surface area contributed by atoms with Crippen LogP contribution in [0.1, 0.15) is 28.5 Å². The Morgan fingerprint density at radius 2 is 2.22 bits per heavy atom. The maximum Gasteiger partial charge on any atom is 0.141 e. The van der Waals surface area contributed by atoms with Crippen LogP contribution in [0.3, 0.4) is 0 Å². The SMILES string of the molecule is Cc1nnc(CN[C@@H](C)c2ccc(F)c(Cl)c2)s1. The molecule has 0 fully saturated rings. The Morgan fingerprint density at radius 1 is 1.44 bits per heavy atom. The summed E-state index contributed by atoms with van der Waals surface area (Å²) in [7, 11) is 0. The average molecular weight is 286 g/mol. The van der Waals surface area contributed by atoms with Gasteiger partial charge in [-0.1, -0.05) is 17.7 Å². The van der Waals surface area contributed by atoms with Crippen molar-refractivity contribution in [1.29, 1.82) is 0 Å². The molecule has 1 aromatic heterocycles. The molecule has 3 nitrogen and oxygen atoms in total. The Bertz CT molecular complexity index is 544. The van der Waals surface area contributed by atoms with Gasteiger partial charge in [0.05, 0.1) is 11.6 Å². The summed E-state index contributed by atoms with van der Waals surface area (Å²) < 4.78 is 13.0. The first kappa shape index (κ1) is 13.4. The summed E-state index contributed by atoms with van der Waals surface area (Å²) in [5.74, 6) is -0.396. The van der Waals surface area contributed by atoms with Crippen LogP contribution in [0, 0.1) is 12.7 Å². The third-order valence-corrected chi connectivity index (χ3v) is 3.70. The Morgan fingerprint density at radius 3 is 2.83 bits per heavy atom. The Labute approximate surface area is 114 Å². The van der Waals surface area contributed by atoms with Crippen LogP contribution in [0.5, 0.6) is 0 Å². The molecule has 1 heterocycles. The molecule has 0 saturated heterocycles. The number of rotatable bonds is 4. The number of halogens is 2. The van der Waals surface area contributed by atoms with Crippen LogP contribution in [-0.2, 0) is 6.54 Å². The summed E-state index contributed by atoms with van der Waals surface area (Å²) in [6.45, 7) is 4.56. The van der Waals surface area contributed by atoms with Crippen molar-refractivity contribution in [2.75, 3.05) is 0 Å². The first-order valence-electron chi connectivity index (χ1n) is 5.53. The van der Waals surface area contributed by atoms with E-state index in [0.29, 0.717) is 6.54 Å². The van der Waals surface area contributed by atoms with Gasteiger partial charge in [0.25, 0.3) is 0 Å². The molecule has 0 amide bonds. The summed E-state index contributed by atoms with van der Waals surface area (Å²) in [6.07, 6.45) is 0. The topological polar surface area (TPSA) is 37.8 Å². The standard InChI is InChI=1S/C12H13ClFN3S/c1-7(9-3-4-11(14)10(13)5-9)15-6-12-17-16-8(2)18-12/h3-5,7,15H,6H2,1-2H3/t7-/m0/s1. The van der Waals surface area contributed by atoms with E-state index in [1.807, 2.05) is 13.8 Å². The van der Waals surface area contributed by atoms with E-state index >= 15 is 0 Å². The molecule has 2 aromatic rings. The van der Waals surface area contributed by atoms with Gasteiger partial charge < -0.3 is 5.32 Å². The maximum absolute atomic E-state index is 13.0. The van der Waals surface area contributed by atoms with Crippen LogP contribution >= 0.6 is 22.9 Å². The molecular weight excluding hydrogens is 273 g/mol. The lowest BCUT2D eigenvalue weighted by Crippen LogP contribution is -2.18. The lowest BCUT2D eigenvalue weighted by Gasteiger charge is -2.13. The number of aryl methyl sites for hydroxylation is 1. The van der Waals surface area contributed by atoms with Gasteiger partial charge in [0, 0.05) is 6.04 Å². The lowest BCUT2D eigenvalue weighted by atomic mass is 10.1. The maximum atomic E-state index is 13.0. The minimum Gasteiger partial charge on any atom is -0.304 e. The van der Waals surface area contributed by atoms with Crippen molar-refractivity contribution in [3.63, 3.8) is 0 Å². The summed E-state index contributed by atoms with van der Waals surface area (Å²) >= 11 is 7.32. The van der Waals surface area contributed by atoms with E-state index in [4.69, 9.17) is 11.6 Å². The average Bonchev–Trinajstić information content (AvgIpc) is 2.75. The van der Waals surface area contributed by atoms with Crippen LogP contribution in [-0.4, -0.2) is 10.2 Å². The fourth-order valence-electron chi connectivity index (χ4n) is 1.55. The molecule has 96 valence electrons. The van der Waals surface area contributed by atoms with E-state index in [2.05, 4.69) is 15.5 Å². The van der Waals surface area contributed by atoms with Gasteiger partial charge in [-0.05, 0) is 31.5 Å². The zero-order chi connectivity index (χ0) is 13.1. The monoisotopic (exact) mass is 285 g/mol. The van der Waals surface area contributed by atoms with Crippen molar-refractivity contribution in [2.45, 2.75) is 26.4 Å². The Kier molecular flexibility index (Phi) is 4.27. The fraction of sp³-hybridized carbons (Fsp3) is 0.333. The Hall–Kier alpha value is -1.04. The summed E-state index contributed by atoms with van der Waals surface area (Å²) in [5.41, 5.74) is 0.947. The normalized spacial score (nSPS) is 12.7. The molecule has 0 bridgehead atoms. The number of nitrogens with zero attached hydrogens (tertiary/aromatic N) is 2. The third-order valence-electron chi connectivity index (χ3n) is 2.57. The second kappa shape index (κ2) is 5.73. The predicted octanol–water partition coefficient (Wildman–Crippen LogP) is 3.49. The van der Waals surface area contributed by atoms with Crippen molar-refractivity contribution in [1.82, 2.24) is 15.5 Å². The molecule has 1 aromatic carbocycles. The molecular formula is C12H13ClFN3S. The smallest absolute Gasteiger partial charge is 0.141 e. The molecule has 1 atom stereocenters. The summed E-state index contributed by atoms with van der Waals surface area (Å²) in [4.78, 5) is 0. The number of benzene rings is 1. The van der Waals surface area contributed by atoms with Gasteiger partial charge >= 0.3 is 0 Å². The minimum absolute atomic E-state index is 0.0762. The molecule has 0 aliphatic carbocycles. The van der Waals surface area contributed by atoms with Crippen LogP contribution < -0.4 is 5.32 Å². The predicted molar refractivity (Wildman–Crippen MR) is 71.3 cm³/mol. The molecule has 6 heteroatoms. The van der Waals surface area contributed by atoms with Crippen molar-refractivity contribution in [3.8, 4) is 0 Å². The van der Waals surface area contributed by atoms with Gasteiger partial charge in [-0.25, -0.2) is 4.39 Å². The van der Waals surface area contributed by atoms with Crippen molar-refractivity contribution >= 4 is 22.9 Å². The van der Waals surface area contributed by atoms with E-state index in [1.54, 1.807) is 23.5 Å². The zero-order valence-electron chi connectivity index (χ0n) is 10.1. The summed E-state index contributed by atoms with van der Waals surface area (Å²) in [5, 5.41) is 13.3. The minimum atomic E-state index is -0.396. The van der Waals surface area contributed by atoms with Gasteiger partial charge in [0.15, 0.2) is 0 Å². The highest BCUT2D eigenvalue weighted by atomic mass is 35.5. The van der Waals surface area contributed by atoms with Gasteiger partial charge in [-0.2, -0.15) is 0 Å². The fourth-order valence-corrected chi connectivity index (χ4v) is 2.40. The zero-order valence-corrected chi connectivity index (χ0v) is 11.6. The molecule has 0 aliphatic heterocycles. The molecule has 0 spiro atoms. The highest BCUT2D eigenvalue weighted by Gasteiger charge is 2.09. The van der Waals surface area contributed by atoms with E-state index in [0.717, 1.165) is 15.6 Å². The number of aromatic nitrogens is 2. The van der Waals surface area contributed by atoms with Crippen LogP contribution in [0.25, 0.3) is 0 Å². The first-order valence-corrected chi connectivity index (χ1v) is 6.73. The van der Waals surface area contributed by atoms with Crippen LogP contribution in [0.4, 0.5) is 4.39 Å². The van der Waals surface area contributed by atoms with E-state index in [1.165, 1.54) is 6.07 Å². The highest BCUT2D eigenvalue weighted by molar-refractivity contribution is 7.11. The second-order valence-corrected chi connectivity index (χ2v) is 5.66. The van der Waals surface area contributed by atoms with Crippen molar-refractivity contribution in [2.24, 2.45) is 0 Å². The van der Waals surface area contributed by atoms with Gasteiger partial charge in [0.1, 0.15) is 15.8 Å². The number of hydrogen-bond donors (Lipinski definition) is 1. The van der Waals surface area contributed by atoms with Crippen molar-refractivity contribution in [3.05, 3.63) is 44.6 Å². The van der Waals surface area contributed by atoms with Gasteiger partial charge in [-0.3, -0.25) is 0 Å². The van der Waals surface area contributed by atoms with E-state index < -0.39 is 5.82 Å². The van der Waals surface area contributed by atoms with Crippen LogP contribution in [0.15, 0.2) is 18.2 Å². The molecule has 1 N–H and O–H groups in total. The molecule has 18 heavy (non-hydrogen) atoms. The van der Waals surface area contributed by atoms with Gasteiger partial charge in [-0.15, -0.1) is 21.5 Å².